The number of amides is 5. The molecular weight excluding hydrogens is 570 g/mol. The average Bonchev–Trinajstić information content (AvgIpc) is 3.69. The summed E-state index contributed by atoms with van der Waals surface area (Å²) in [5.41, 5.74) is 0.624. The number of rotatable bonds is 10. The summed E-state index contributed by atoms with van der Waals surface area (Å²) in [5, 5.41) is 10.0. The van der Waals surface area contributed by atoms with E-state index in [0.717, 1.165) is 25.7 Å². The van der Waals surface area contributed by atoms with Gasteiger partial charge in [-0.3, -0.25) is 19.2 Å². The second-order valence-corrected chi connectivity index (χ2v) is 11.0. The van der Waals surface area contributed by atoms with Crippen molar-refractivity contribution in [1.82, 2.24) is 35.1 Å². The first-order valence-electron chi connectivity index (χ1n) is 15.2. The van der Waals surface area contributed by atoms with Gasteiger partial charge in [0.25, 0.3) is 11.8 Å². The molecule has 0 spiro atoms. The second-order valence-electron chi connectivity index (χ2n) is 11.0. The van der Waals surface area contributed by atoms with E-state index >= 15 is 0 Å². The number of benzene rings is 1. The van der Waals surface area contributed by atoms with Crippen LogP contribution in [0.3, 0.4) is 0 Å². The lowest BCUT2D eigenvalue weighted by molar-refractivity contribution is -0.140. The molecule has 0 radical (unpaired) electrons. The Kier molecular flexibility index (Phi) is 9.97. The minimum absolute atomic E-state index is 0.00941. The minimum Gasteiger partial charge on any atom is -0.467 e. The van der Waals surface area contributed by atoms with E-state index in [1.165, 1.54) is 10.7 Å². The van der Waals surface area contributed by atoms with Crippen LogP contribution in [0.2, 0.25) is 0 Å². The third-order valence-electron chi connectivity index (χ3n) is 8.14. The summed E-state index contributed by atoms with van der Waals surface area (Å²) < 4.78 is 12.3. The summed E-state index contributed by atoms with van der Waals surface area (Å²) in [4.78, 5) is 68.3. The Hall–Kier alpha value is -4.62. The number of piperazine rings is 1. The zero-order valence-corrected chi connectivity index (χ0v) is 24.9. The summed E-state index contributed by atoms with van der Waals surface area (Å²) in [6.07, 6.45) is 3.98. The van der Waals surface area contributed by atoms with Gasteiger partial charge in [-0.25, -0.2) is 9.48 Å². The van der Waals surface area contributed by atoms with E-state index in [9.17, 15) is 24.0 Å². The number of likely N-dealkylation sites (tertiary alicyclic amines) is 1. The zero-order chi connectivity index (χ0) is 31.1. The van der Waals surface area contributed by atoms with Crippen molar-refractivity contribution >= 4 is 29.7 Å². The molecule has 1 aliphatic carbocycles. The van der Waals surface area contributed by atoms with E-state index in [1.807, 2.05) is 18.2 Å². The predicted octanol–water partition coefficient (Wildman–Crippen LogP) is 0.941. The van der Waals surface area contributed by atoms with Gasteiger partial charge >= 0.3 is 6.09 Å². The Labute approximate surface area is 255 Å². The minimum atomic E-state index is -0.582. The largest absolute Gasteiger partial charge is 0.467 e. The third-order valence-corrected chi connectivity index (χ3v) is 8.14. The van der Waals surface area contributed by atoms with Crippen molar-refractivity contribution in [2.45, 2.75) is 51.1 Å². The van der Waals surface area contributed by atoms with Crippen LogP contribution < -0.4 is 15.4 Å². The van der Waals surface area contributed by atoms with E-state index in [2.05, 4.69) is 15.7 Å². The summed E-state index contributed by atoms with van der Waals surface area (Å²) in [5.74, 6) is -1.14. The second kappa shape index (κ2) is 14.2. The van der Waals surface area contributed by atoms with Crippen LogP contribution in [0.25, 0.3) is 5.69 Å². The molecule has 5 rings (SSSR count). The van der Waals surface area contributed by atoms with Crippen molar-refractivity contribution in [1.29, 1.82) is 0 Å². The highest BCUT2D eigenvalue weighted by Gasteiger charge is 2.36. The SMILES string of the molecule is CCOC(=O)N1CCN(C(=O)CNC(=O)c2cc(OCC(=O)N3CCC[C@H]3C(=O)NC3CCC3)n(-c3ccccc3)n2)CC1. The van der Waals surface area contributed by atoms with Gasteiger partial charge in [-0.1, -0.05) is 18.2 Å². The van der Waals surface area contributed by atoms with Gasteiger partial charge in [0.15, 0.2) is 12.3 Å². The number of hydrogen-bond donors (Lipinski definition) is 2. The zero-order valence-electron chi connectivity index (χ0n) is 24.9. The molecule has 2 N–H and O–H groups in total. The molecule has 14 nitrogen and oxygen atoms in total. The molecule has 236 valence electrons. The molecule has 0 bridgehead atoms. The molecule has 1 aromatic heterocycles. The standard InChI is InChI=1S/C30H39N7O7/c1-2-43-30(42)35-16-14-34(15-17-35)25(38)19-31-28(40)23-18-27(37(33-23)22-10-4-3-5-11-22)44-20-26(39)36-13-7-12-24(36)29(41)32-21-8-6-9-21/h3-5,10-11,18,21,24H,2,6-9,12-17,19-20H2,1H3,(H,31,40)(H,32,41)/t24-/m0/s1. The van der Waals surface area contributed by atoms with Crippen LogP contribution in [0.1, 0.15) is 49.5 Å². The normalized spacial score (nSPS) is 18.4. The summed E-state index contributed by atoms with van der Waals surface area (Å²) in [7, 11) is 0. The van der Waals surface area contributed by atoms with Crippen LogP contribution in [-0.4, -0.2) is 119 Å². The fraction of sp³-hybridized carbons (Fsp3) is 0.533. The van der Waals surface area contributed by atoms with Crippen LogP contribution in [0, 0.1) is 0 Å². The quantitative estimate of drug-likeness (QED) is 0.403. The highest BCUT2D eigenvalue weighted by molar-refractivity contribution is 5.95. The topological polar surface area (TPSA) is 155 Å². The van der Waals surface area contributed by atoms with Crippen molar-refractivity contribution in [3.8, 4) is 11.6 Å². The van der Waals surface area contributed by atoms with Gasteiger partial charge < -0.3 is 34.8 Å². The van der Waals surface area contributed by atoms with Gasteiger partial charge in [0, 0.05) is 44.8 Å². The number of carbonyl (C=O) groups excluding carboxylic acids is 5. The monoisotopic (exact) mass is 609 g/mol. The molecule has 3 fully saturated rings. The van der Waals surface area contributed by atoms with E-state index < -0.39 is 18.0 Å². The number of nitrogens with zero attached hydrogens (tertiary/aromatic N) is 5. The maximum atomic E-state index is 13.2. The summed E-state index contributed by atoms with van der Waals surface area (Å²) >= 11 is 0. The lowest BCUT2D eigenvalue weighted by Crippen LogP contribution is -2.52. The Morgan fingerprint density at radius 3 is 2.32 bits per heavy atom. The molecule has 1 saturated carbocycles. The maximum Gasteiger partial charge on any atom is 0.409 e. The van der Waals surface area contributed by atoms with Gasteiger partial charge in [-0.15, -0.1) is 0 Å². The molecule has 2 aliphatic heterocycles. The van der Waals surface area contributed by atoms with E-state index in [-0.39, 0.29) is 55.1 Å². The van der Waals surface area contributed by atoms with Crippen molar-refractivity contribution in [2.24, 2.45) is 0 Å². The Bertz CT molecular complexity index is 1350. The highest BCUT2D eigenvalue weighted by Crippen LogP contribution is 2.23. The Morgan fingerprint density at radius 1 is 0.909 bits per heavy atom. The number of ether oxygens (including phenoxy) is 2. The molecule has 44 heavy (non-hydrogen) atoms. The van der Waals surface area contributed by atoms with E-state index in [0.29, 0.717) is 44.8 Å². The van der Waals surface area contributed by atoms with Crippen LogP contribution in [-0.2, 0) is 19.1 Å². The van der Waals surface area contributed by atoms with Gasteiger partial charge in [0.05, 0.1) is 18.8 Å². The van der Waals surface area contributed by atoms with Crippen LogP contribution in [0.15, 0.2) is 36.4 Å². The van der Waals surface area contributed by atoms with Crippen LogP contribution in [0.5, 0.6) is 5.88 Å². The third kappa shape index (κ3) is 7.29. The molecule has 14 heteroatoms. The molecule has 5 amide bonds. The fourth-order valence-electron chi connectivity index (χ4n) is 5.45. The van der Waals surface area contributed by atoms with E-state index in [4.69, 9.17) is 9.47 Å². The van der Waals surface area contributed by atoms with E-state index in [1.54, 1.807) is 33.8 Å². The number of para-hydroxylation sites is 1. The van der Waals surface area contributed by atoms with Crippen molar-refractivity contribution < 1.29 is 33.4 Å². The number of nitrogens with one attached hydrogen (secondary N) is 2. The summed E-state index contributed by atoms with van der Waals surface area (Å²) in [6, 6.07) is 10.1. The molecule has 1 aromatic carbocycles. The van der Waals surface area contributed by atoms with Crippen molar-refractivity contribution in [2.75, 3.05) is 52.5 Å². The van der Waals surface area contributed by atoms with Crippen LogP contribution >= 0.6 is 0 Å². The van der Waals surface area contributed by atoms with Crippen molar-refractivity contribution in [3.63, 3.8) is 0 Å². The van der Waals surface area contributed by atoms with Gasteiger partial charge in [-0.2, -0.15) is 5.10 Å². The lowest BCUT2D eigenvalue weighted by Gasteiger charge is -2.34. The molecule has 2 aromatic rings. The van der Waals surface area contributed by atoms with Gasteiger partial charge in [0.2, 0.25) is 17.7 Å². The number of hydrogen-bond acceptors (Lipinski definition) is 8. The highest BCUT2D eigenvalue weighted by atomic mass is 16.6. The first-order valence-corrected chi connectivity index (χ1v) is 15.2. The smallest absolute Gasteiger partial charge is 0.409 e. The average molecular weight is 610 g/mol. The molecule has 1 atom stereocenters. The first-order chi connectivity index (χ1) is 21.3. The molecule has 3 heterocycles. The van der Waals surface area contributed by atoms with Gasteiger partial charge in [-0.05, 0) is 51.2 Å². The Morgan fingerprint density at radius 2 is 1.64 bits per heavy atom. The molecule has 0 unspecified atom stereocenters. The number of carbonyl (C=O) groups is 5. The fourth-order valence-corrected chi connectivity index (χ4v) is 5.45. The molecular formula is C30H39N7O7. The predicted molar refractivity (Wildman–Crippen MR) is 157 cm³/mol. The lowest BCUT2D eigenvalue weighted by atomic mass is 9.93. The summed E-state index contributed by atoms with van der Waals surface area (Å²) in [6.45, 7) is 3.29. The molecule has 2 saturated heterocycles. The molecule has 3 aliphatic rings. The Balaban J connectivity index is 1.18. The number of aromatic nitrogens is 2. The van der Waals surface area contributed by atoms with Crippen LogP contribution in [0.4, 0.5) is 4.79 Å². The van der Waals surface area contributed by atoms with Crippen molar-refractivity contribution in [3.05, 3.63) is 42.1 Å². The first kappa shape index (κ1) is 30.8. The maximum absolute atomic E-state index is 13.2. The van der Waals surface area contributed by atoms with Gasteiger partial charge in [0.1, 0.15) is 6.04 Å².